The van der Waals surface area contributed by atoms with Crippen LogP contribution in [0.2, 0.25) is 0 Å². The molecule has 1 N–H and O–H groups in total. The van der Waals surface area contributed by atoms with Crippen LogP contribution in [0.25, 0.3) is 0 Å². The average Bonchev–Trinajstić information content (AvgIpc) is 2.49. The molecule has 0 aromatic carbocycles. The van der Waals surface area contributed by atoms with Gasteiger partial charge in [-0.25, -0.2) is 0 Å². The van der Waals surface area contributed by atoms with Crippen LogP contribution < -0.4 is 5.32 Å². The van der Waals surface area contributed by atoms with Crippen molar-refractivity contribution in [3.05, 3.63) is 0 Å². The molecular formula is C16H23NO9S. The minimum atomic E-state index is -1.31. The summed E-state index contributed by atoms with van der Waals surface area (Å²) in [7, 11) is 0. The van der Waals surface area contributed by atoms with Gasteiger partial charge in [0.05, 0.1) is 0 Å². The Morgan fingerprint density at radius 3 is 1.81 bits per heavy atom. The lowest BCUT2D eigenvalue weighted by atomic mass is 9.96. The molecule has 0 saturated carbocycles. The number of carbonyl (C=O) groups excluding carboxylic acids is 5. The van der Waals surface area contributed by atoms with E-state index in [-0.39, 0.29) is 10.9 Å². The highest BCUT2D eigenvalue weighted by Gasteiger charge is 2.51. The van der Waals surface area contributed by atoms with Gasteiger partial charge in [0.2, 0.25) is 12.2 Å². The topological polar surface area (TPSA) is 134 Å². The van der Waals surface area contributed by atoms with E-state index in [0.29, 0.717) is 0 Å². The molecule has 0 unspecified atom stereocenters. The second-order valence-corrected chi connectivity index (χ2v) is 7.03. The van der Waals surface area contributed by atoms with Gasteiger partial charge in [-0.1, -0.05) is 11.8 Å². The number of carbonyl (C=O) groups is 5. The molecule has 1 aliphatic heterocycles. The van der Waals surface area contributed by atoms with Crippen LogP contribution in [-0.4, -0.2) is 65.3 Å². The highest BCUT2D eigenvalue weighted by molar-refractivity contribution is 8.13. The fraction of sp³-hybridized carbons (Fsp3) is 0.688. The summed E-state index contributed by atoms with van der Waals surface area (Å²) < 4.78 is 21.3. The van der Waals surface area contributed by atoms with Crippen LogP contribution in [-0.2, 0) is 42.9 Å². The van der Waals surface area contributed by atoms with Crippen molar-refractivity contribution in [3.8, 4) is 0 Å². The second-order valence-electron chi connectivity index (χ2n) is 5.83. The quantitative estimate of drug-likeness (QED) is 0.472. The molecule has 1 saturated heterocycles. The SMILES string of the molecule is CC(=O)N[C@H]1[C@@H](OC(C)=O)O[C@H](CSC(C)=O)[C@@H](OC(C)=O)[C@@H]1OC(C)=O. The zero-order chi connectivity index (χ0) is 20.7. The van der Waals surface area contributed by atoms with Crippen molar-refractivity contribution in [2.75, 3.05) is 5.75 Å². The van der Waals surface area contributed by atoms with E-state index in [1.165, 1.54) is 13.8 Å². The standard InChI is InChI=1S/C16H23NO9S/c1-7(18)17-13-15(24-9(3)20)14(23-8(2)19)12(6-27-11(5)22)26-16(13)25-10(4)21/h12-16H,6H2,1-5H3,(H,17,18)/t12-,13-,14-,15-,16+/m1/s1. The first-order valence-corrected chi connectivity index (χ1v) is 9.07. The predicted octanol–water partition coefficient (Wildman–Crippen LogP) is -0.0778. The molecule has 0 spiro atoms. The highest BCUT2D eigenvalue weighted by atomic mass is 32.2. The molecule has 1 fully saturated rings. The fourth-order valence-electron chi connectivity index (χ4n) is 2.55. The van der Waals surface area contributed by atoms with E-state index in [9.17, 15) is 24.0 Å². The van der Waals surface area contributed by atoms with Gasteiger partial charge in [-0.2, -0.15) is 0 Å². The Hall–Kier alpha value is -2.14. The number of hydrogen-bond acceptors (Lipinski definition) is 10. The Morgan fingerprint density at radius 2 is 1.37 bits per heavy atom. The van der Waals surface area contributed by atoms with E-state index in [1.807, 2.05) is 0 Å². The first-order chi connectivity index (χ1) is 12.5. The Morgan fingerprint density at radius 1 is 0.852 bits per heavy atom. The third kappa shape index (κ3) is 7.55. The molecule has 0 bridgehead atoms. The molecular weight excluding hydrogens is 382 g/mol. The van der Waals surface area contributed by atoms with E-state index in [2.05, 4.69) is 5.32 Å². The van der Waals surface area contributed by atoms with Gasteiger partial charge in [0.15, 0.2) is 17.3 Å². The molecule has 1 aliphatic rings. The van der Waals surface area contributed by atoms with Crippen LogP contribution >= 0.6 is 11.8 Å². The summed E-state index contributed by atoms with van der Waals surface area (Å²) in [5.74, 6) is -2.52. The molecule has 1 amide bonds. The maximum atomic E-state index is 11.6. The molecule has 27 heavy (non-hydrogen) atoms. The smallest absolute Gasteiger partial charge is 0.305 e. The van der Waals surface area contributed by atoms with Gasteiger partial charge >= 0.3 is 17.9 Å². The molecule has 152 valence electrons. The Kier molecular flexibility index (Phi) is 8.70. The third-order valence-corrected chi connectivity index (χ3v) is 4.26. The summed E-state index contributed by atoms with van der Waals surface area (Å²) in [5.41, 5.74) is 0. The lowest BCUT2D eigenvalue weighted by Crippen LogP contribution is -2.66. The summed E-state index contributed by atoms with van der Waals surface area (Å²) in [6.07, 6.45) is -4.55. The van der Waals surface area contributed by atoms with Gasteiger partial charge in [0.25, 0.3) is 0 Å². The summed E-state index contributed by atoms with van der Waals surface area (Å²) in [4.78, 5) is 57.5. The van der Waals surface area contributed by atoms with Crippen molar-refractivity contribution in [1.82, 2.24) is 5.32 Å². The first kappa shape index (κ1) is 22.9. The molecule has 1 heterocycles. The van der Waals surface area contributed by atoms with Crippen molar-refractivity contribution in [3.63, 3.8) is 0 Å². The van der Waals surface area contributed by atoms with Gasteiger partial charge in [0.1, 0.15) is 12.1 Å². The fourth-order valence-corrected chi connectivity index (χ4v) is 3.22. The molecule has 0 aromatic heterocycles. The molecule has 0 aliphatic carbocycles. The second kappa shape index (κ2) is 10.3. The van der Waals surface area contributed by atoms with Crippen molar-refractivity contribution in [2.45, 2.75) is 65.3 Å². The van der Waals surface area contributed by atoms with Gasteiger partial charge < -0.3 is 24.3 Å². The van der Waals surface area contributed by atoms with Crippen molar-refractivity contribution in [2.24, 2.45) is 0 Å². The summed E-state index contributed by atoms with van der Waals surface area (Å²) in [6, 6.07) is -1.11. The number of amides is 1. The number of rotatable bonds is 6. The summed E-state index contributed by atoms with van der Waals surface area (Å²) in [6.45, 7) is 6.01. The van der Waals surface area contributed by atoms with Crippen LogP contribution in [0, 0.1) is 0 Å². The van der Waals surface area contributed by atoms with E-state index in [1.54, 1.807) is 0 Å². The van der Waals surface area contributed by atoms with E-state index < -0.39 is 54.5 Å². The molecule has 0 radical (unpaired) electrons. The predicted molar refractivity (Wildman–Crippen MR) is 92.3 cm³/mol. The Bertz CT molecular complexity index is 609. The Labute approximate surface area is 160 Å². The normalized spacial score (nSPS) is 27.2. The van der Waals surface area contributed by atoms with Crippen molar-refractivity contribution >= 4 is 40.7 Å². The number of thioether (sulfide) groups is 1. The minimum absolute atomic E-state index is 0.0512. The number of ether oxygens (including phenoxy) is 4. The molecule has 10 nitrogen and oxygen atoms in total. The maximum Gasteiger partial charge on any atom is 0.305 e. The van der Waals surface area contributed by atoms with E-state index in [4.69, 9.17) is 18.9 Å². The van der Waals surface area contributed by atoms with Gasteiger partial charge in [-0.05, 0) is 0 Å². The van der Waals surface area contributed by atoms with E-state index >= 15 is 0 Å². The van der Waals surface area contributed by atoms with E-state index in [0.717, 1.165) is 32.5 Å². The minimum Gasteiger partial charge on any atom is -0.456 e. The van der Waals surface area contributed by atoms with Crippen LogP contribution in [0.1, 0.15) is 34.6 Å². The van der Waals surface area contributed by atoms with Gasteiger partial charge in [-0.15, -0.1) is 0 Å². The zero-order valence-electron chi connectivity index (χ0n) is 15.7. The van der Waals surface area contributed by atoms with Crippen molar-refractivity contribution < 1.29 is 42.9 Å². The largest absolute Gasteiger partial charge is 0.456 e. The number of hydrogen-bond donors (Lipinski definition) is 1. The van der Waals surface area contributed by atoms with Crippen LogP contribution in [0.15, 0.2) is 0 Å². The Balaban J connectivity index is 3.29. The van der Waals surface area contributed by atoms with Crippen LogP contribution in [0.4, 0.5) is 0 Å². The summed E-state index contributed by atoms with van der Waals surface area (Å²) in [5, 5.41) is 2.29. The molecule has 1 rings (SSSR count). The van der Waals surface area contributed by atoms with Crippen LogP contribution in [0.5, 0.6) is 0 Å². The number of nitrogens with one attached hydrogen (secondary N) is 1. The van der Waals surface area contributed by atoms with Crippen LogP contribution in [0.3, 0.4) is 0 Å². The zero-order valence-corrected chi connectivity index (χ0v) is 16.5. The maximum absolute atomic E-state index is 11.6. The lowest BCUT2D eigenvalue weighted by molar-refractivity contribution is -0.260. The lowest BCUT2D eigenvalue weighted by Gasteiger charge is -2.44. The number of esters is 3. The molecule has 0 aromatic rings. The average molecular weight is 405 g/mol. The highest BCUT2D eigenvalue weighted by Crippen LogP contribution is 2.29. The van der Waals surface area contributed by atoms with Gasteiger partial charge in [-0.3, -0.25) is 24.0 Å². The summed E-state index contributed by atoms with van der Waals surface area (Å²) >= 11 is 0.902. The molecule has 11 heteroatoms. The third-order valence-electron chi connectivity index (χ3n) is 3.35. The first-order valence-electron chi connectivity index (χ1n) is 8.08. The van der Waals surface area contributed by atoms with Gasteiger partial charge in [0, 0.05) is 40.4 Å². The monoisotopic (exact) mass is 405 g/mol. The molecule has 5 atom stereocenters. The van der Waals surface area contributed by atoms with Crippen molar-refractivity contribution in [1.29, 1.82) is 0 Å².